The van der Waals surface area contributed by atoms with Crippen LogP contribution in [0.15, 0.2) is 58.5 Å². The number of aromatic nitrogens is 1. The molecule has 1 saturated heterocycles. The number of hydrogen-bond acceptors (Lipinski definition) is 10. The molecule has 0 bridgehead atoms. The molecule has 1 aromatic heterocycles. The van der Waals surface area contributed by atoms with Crippen molar-refractivity contribution in [2.45, 2.75) is 11.8 Å². The molecule has 0 spiro atoms. The number of benzene rings is 2. The van der Waals surface area contributed by atoms with E-state index < -0.39 is 26.6 Å². The molecule has 0 atom stereocenters. The van der Waals surface area contributed by atoms with E-state index in [2.05, 4.69) is 14.6 Å². The third-order valence-electron chi connectivity index (χ3n) is 6.77. The predicted octanol–water partition coefficient (Wildman–Crippen LogP) is 3.44. The van der Waals surface area contributed by atoms with Crippen LogP contribution in [0.25, 0.3) is 11.1 Å². The highest BCUT2D eigenvalue weighted by Crippen LogP contribution is 2.37. The molecule has 11 nitrogen and oxygen atoms in total. The molecule has 3 aromatic rings. The number of hydrogen-bond donors (Lipinski definition) is 1. The fraction of sp³-hybridized carbons (Fsp3) is 0.321. The quantitative estimate of drug-likeness (QED) is 0.387. The monoisotopic (exact) mass is 601 g/mol. The fourth-order valence-electron chi connectivity index (χ4n) is 4.67. The molecule has 2 aliphatic rings. The Morgan fingerprint density at radius 1 is 1.07 bits per heavy atom. The maximum atomic E-state index is 14.2. The summed E-state index contributed by atoms with van der Waals surface area (Å²) in [6, 6.07) is 9.05. The highest BCUT2D eigenvalue weighted by Gasteiger charge is 2.25. The Morgan fingerprint density at radius 2 is 1.86 bits per heavy atom. The Kier molecular flexibility index (Phi) is 8.54. The van der Waals surface area contributed by atoms with Gasteiger partial charge in [-0.05, 0) is 42.8 Å². The highest BCUT2D eigenvalue weighted by molar-refractivity contribution is 7.92. The second-order valence-corrected chi connectivity index (χ2v) is 11.2. The first-order valence-corrected chi connectivity index (χ1v) is 14.6. The molecule has 2 aromatic carbocycles. The van der Waals surface area contributed by atoms with Gasteiger partial charge < -0.3 is 19.1 Å². The average molecular weight is 602 g/mol. The lowest BCUT2D eigenvalue weighted by molar-refractivity contribution is -0.144. The lowest BCUT2D eigenvalue weighted by Crippen LogP contribution is -2.51. The van der Waals surface area contributed by atoms with Gasteiger partial charge in [0.2, 0.25) is 5.88 Å². The van der Waals surface area contributed by atoms with Crippen molar-refractivity contribution in [1.82, 2.24) is 14.8 Å². The maximum Gasteiger partial charge on any atom is 0.320 e. The van der Waals surface area contributed by atoms with Crippen LogP contribution >= 0.6 is 0 Å². The minimum atomic E-state index is -4.43. The standard InChI is InChI=1S/C28H29F2N5O6S/c1-3-40-27(36)16-34-8-10-35(11-9-34)26-17-41-24-6-4-18(12-22(24)32-26)19-13-23(28(39-2)31-15-19)33-42(37,38)25-7-5-20(29)14-21(25)30/h4-7,12-15,33H,3,8-11,16-17H2,1-2H3. The Bertz CT molecular complexity index is 1630. The molecule has 0 radical (unpaired) electrons. The summed E-state index contributed by atoms with van der Waals surface area (Å²) in [5, 5.41) is 0. The van der Waals surface area contributed by atoms with Crippen molar-refractivity contribution >= 4 is 33.2 Å². The normalized spacial score (nSPS) is 15.3. The van der Waals surface area contributed by atoms with Gasteiger partial charge in [0.1, 0.15) is 46.1 Å². The van der Waals surface area contributed by atoms with Gasteiger partial charge in [-0.15, -0.1) is 0 Å². The van der Waals surface area contributed by atoms with Crippen molar-refractivity contribution < 1.29 is 36.2 Å². The summed E-state index contributed by atoms with van der Waals surface area (Å²) in [7, 11) is -3.11. The van der Waals surface area contributed by atoms with Gasteiger partial charge >= 0.3 is 5.97 Å². The van der Waals surface area contributed by atoms with Crippen molar-refractivity contribution in [1.29, 1.82) is 0 Å². The van der Waals surface area contributed by atoms with Crippen molar-refractivity contribution in [3.63, 3.8) is 0 Å². The van der Waals surface area contributed by atoms with Crippen LogP contribution < -0.4 is 14.2 Å². The van der Waals surface area contributed by atoms with Crippen LogP contribution in [0.3, 0.4) is 0 Å². The largest absolute Gasteiger partial charge is 0.483 e. The number of carbonyl (C=O) groups excluding carboxylic acids is 1. The van der Waals surface area contributed by atoms with Gasteiger partial charge in [-0.2, -0.15) is 0 Å². The number of nitrogens with one attached hydrogen (secondary N) is 1. The number of amidine groups is 1. The number of piperazine rings is 1. The van der Waals surface area contributed by atoms with E-state index in [1.165, 1.54) is 19.4 Å². The summed E-state index contributed by atoms with van der Waals surface area (Å²) >= 11 is 0. The Morgan fingerprint density at radius 3 is 2.57 bits per heavy atom. The van der Waals surface area contributed by atoms with Crippen molar-refractivity contribution in [2.24, 2.45) is 4.99 Å². The van der Waals surface area contributed by atoms with E-state index in [0.29, 0.717) is 68.0 Å². The predicted molar refractivity (Wildman–Crippen MR) is 151 cm³/mol. The zero-order chi connectivity index (χ0) is 29.9. The van der Waals surface area contributed by atoms with Gasteiger partial charge in [0.05, 0.1) is 20.3 Å². The molecule has 3 heterocycles. The topological polar surface area (TPSA) is 123 Å². The summed E-state index contributed by atoms with van der Waals surface area (Å²) in [4.78, 5) is 24.3. The minimum Gasteiger partial charge on any atom is -0.483 e. The Labute approximate surface area is 241 Å². The number of pyridine rings is 1. The Hall–Kier alpha value is -4.30. The van der Waals surface area contributed by atoms with Gasteiger partial charge in [0, 0.05) is 44.0 Å². The number of fused-ring (bicyclic) bond motifs is 1. The van der Waals surface area contributed by atoms with Gasteiger partial charge in [-0.25, -0.2) is 27.2 Å². The van der Waals surface area contributed by atoms with E-state index in [1.54, 1.807) is 25.1 Å². The SMILES string of the molecule is CCOC(=O)CN1CCN(C2=Nc3cc(-c4cnc(OC)c(NS(=O)(=O)c5ccc(F)cc5F)c4)ccc3OC2)CC1. The number of anilines is 1. The van der Waals surface area contributed by atoms with Crippen LogP contribution in [0, 0.1) is 11.6 Å². The lowest BCUT2D eigenvalue weighted by atomic mass is 10.1. The number of carbonyl (C=O) groups is 1. The van der Waals surface area contributed by atoms with Gasteiger partial charge in [0.25, 0.3) is 10.0 Å². The highest BCUT2D eigenvalue weighted by atomic mass is 32.2. The maximum absolute atomic E-state index is 14.2. The summed E-state index contributed by atoms with van der Waals surface area (Å²) in [5.41, 5.74) is 1.77. The van der Waals surface area contributed by atoms with E-state index in [1.807, 2.05) is 4.90 Å². The number of sulfonamides is 1. The number of aliphatic imine (C=N–C) groups is 1. The number of ether oxygens (including phenoxy) is 3. The van der Waals surface area contributed by atoms with Crippen LogP contribution in [-0.4, -0.2) is 88.1 Å². The minimum absolute atomic E-state index is 0.0300. The molecule has 2 aliphatic heterocycles. The second-order valence-electron chi connectivity index (χ2n) is 9.53. The smallest absolute Gasteiger partial charge is 0.320 e. The zero-order valence-corrected chi connectivity index (χ0v) is 23.8. The lowest BCUT2D eigenvalue weighted by Gasteiger charge is -2.36. The molecule has 0 unspecified atom stereocenters. The summed E-state index contributed by atoms with van der Waals surface area (Å²) in [5.74, 6) is -1.04. The molecule has 14 heteroatoms. The first-order chi connectivity index (χ1) is 20.2. The van der Waals surface area contributed by atoms with Crippen LogP contribution in [0.2, 0.25) is 0 Å². The number of rotatable bonds is 8. The zero-order valence-electron chi connectivity index (χ0n) is 23.0. The second kappa shape index (κ2) is 12.3. The number of methoxy groups -OCH3 is 1. The number of esters is 1. The molecule has 0 amide bonds. The van der Waals surface area contributed by atoms with Crippen LogP contribution in [0.4, 0.5) is 20.2 Å². The first kappa shape index (κ1) is 29.2. The fourth-order valence-corrected chi connectivity index (χ4v) is 5.78. The molecule has 0 saturated carbocycles. The summed E-state index contributed by atoms with van der Waals surface area (Å²) in [6.45, 7) is 5.42. The van der Waals surface area contributed by atoms with Gasteiger partial charge in [0.15, 0.2) is 0 Å². The molecule has 1 fully saturated rings. The summed E-state index contributed by atoms with van der Waals surface area (Å²) in [6.07, 6.45) is 1.51. The van der Waals surface area contributed by atoms with Gasteiger partial charge in [-0.3, -0.25) is 14.4 Å². The average Bonchev–Trinajstić information content (AvgIpc) is 2.96. The molecule has 222 valence electrons. The van der Waals surface area contributed by atoms with Gasteiger partial charge in [-0.1, -0.05) is 6.07 Å². The third-order valence-corrected chi connectivity index (χ3v) is 8.16. The molecular formula is C28H29F2N5O6S. The molecule has 0 aliphatic carbocycles. The Balaban J connectivity index is 1.35. The molecule has 5 rings (SSSR count). The number of halogens is 2. The number of nitrogens with zero attached hydrogens (tertiary/aromatic N) is 4. The van der Waals surface area contributed by atoms with Crippen LogP contribution in [0.1, 0.15) is 6.92 Å². The van der Waals surface area contributed by atoms with E-state index in [9.17, 15) is 22.0 Å². The molecular weight excluding hydrogens is 572 g/mol. The third kappa shape index (κ3) is 6.44. The molecule has 1 N–H and O–H groups in total. The first-order valence-electron chi connectivity index (χ1n) is 13.2. The van der Waals surface area contributed by atoms with E-state index in [4.69, 9.17) is 19.2 Å². The van der Waals surface area contributed by atoms with Crippen molar-refractivity contribution in [3.05, 3.63) is 60.3 Å². The van der Waals surface area contributed by atoms with E-state index in [-0.39, 0.29) is 24.1 Å². The van der Waals surface area contributed by atoms with Crippen LogP contribution in [0.5, 0.6) is 11.6 Å². The summed E-state index contributed by atoms with van der Waals surface area (Å²) < 4.78 is 71.9. The van der Waals surface area contributed by atoms with Crippen LogP contribution in [-0.2, 0) is 19.6 Å². The van der Waals surface area contributed by atoms with Crippen molar-refractivity contribution in [3.8, 4) is 22.8 Å². The van der Waals surface area contributed by atoms with E-state index in [0.717, 1.165) is 18.0 Å². The molecule has 42 heavy (non-hydrogen) atoms. The van der Waals surface area contributed by atoms with E-state index >= 15 is 0 Å². The van der Waals surface area contributed by atoms with Crippen molar-refractivity contribution in [2.75, 3.05) is 57.8 Å².